The molecule has 0 saturated carbocycles. The zero-order chi connectivity index (χ0) is 16.7. The molecule has 0 aliphatic rings. The van der Waals surface area contributed by atoms with Crippen molar-refractivity contribution in [2.75, 3.05) is 6.54 Å². The van der Waals surface area contributed by atoms with Gasteiger partial charge in [0.25, 0.3) is 5.91 Å². The summed E-state index contributed by atoms with van der Waals surface area (Å²) in [4.78, 5) is 17.1. The van der Waals surface area contributed by atoms with Crippen LogP contribution in [0.2, 0.25) is 0 Å². The molecule has 23 heavy (non-hydrogen) atoms. The van der Waals surface area contributed by atoms with Gasteiger partial charge >= 0.3 is 0 Å². The summed E-state index contributed by atoms with van der Waals surface area (Å²) in [6.07, 6.45) is 3.22. The normalized spacial score (nSPS) is 10.6. The largest absolute Gasteiger partial charge is 0.486 e. The second-order valence-corrected chi connectivity index (χ2v) is 6.31. The van der Waals surface area contributed by atoms with Crippen LogP contribution in [0, 0.1) is 12.7 Å². The lowest BCUT2D eigenvalue weighted by Crippen LogP contribution is -2.24. The van der Waals surface area contributed by atoms with E-state index in [1.807, 2.05) is 6.92 Å². The predicted octanol–water partition coefficient (Wildman–Crippen LogP) is 4.09. The Bertz CT molecular complexity index is 641. The molecular formula is C17H21FN2O2S. The number of aryl methyl sites for hydroxylation is 1. The number of unbranched alkanes of at least 4 members (excludes halogenated alkanes) is 2. The van der Waals surface area contributed by atoms with Gasteiger partial charge in [-0.1, -0.05) is 19.8 Å². The zero-order valence-electron chi connectivity index (χ0n) is 13.4. The number of nitrogens with one attached hydrogen (secondary N) is 1. The molecule has 2 rings (SSSR count). The maximum atomic E-state index is 12.8. The topological polar surface area (TPSA) is 51.2 Å². The molecule has 1 heterocycles. The Balaban J connectivity index is 1.89. The van der Waals surface area contributed by atoms with E-state index in [2.05, 4.69) is 17.2 Å². The summed E-state index contributed by atoms with van der Waals surface area (Å²) < 4.78 is 18.4. The highest BCUT2D eigenvalue weighted by molar-refractivity contribution is 7.13. The number of carbonyl (C=O) groups is 1. The van der Waals surface area contributed by atoms with Gasteiger partial charge in [0.1, 0.15) is 28.1 Å². The van der Waals surface area contributed by atoms with Crippen molar-refractivity contribution in [3.05, 3.63) is 45.7 Å². The number of aromatic nitrogens is 1. The fourth-order valence-corrected chi connectivity index (χ4v) is 2.95. The first-order chi connectivity index (χ1) is 11.1. The van der Waals surface area contributed by atoms with E-state index in [0.717, 1.165) is 24.3 Å². The summed E-state index contributed by atoms with van der Waals surface area (Å²) in [6, 6.07) is 5.82. The Morgan fingerprint density at radius 3 is 2.74 bits per heavy atom. The van der Waals surface area contributed by atoms with Crippen LogP contribution < -0.4 is 10.1 Å². The number of carbonyl (C=O) groups excluding carboxylic acids is 1. The number of hydrogen-bond acceptors (Lipinski definition) is 4. The van der Waals surface area contributed by atoms with Crippen LogP contribution in [-0.4, -0.2) is 17.4 Å². The maximum Gasteiger partial charge on any atom is 0.263 e. The van der Waals surface area contributed by atoms with Gasteiger partial charge in [0.2, 0.25) is 0 Å². The predicted molar refractivity (Wildman–Crippen MR) is 89.4 cm³/mol. The van der Waals surface area contributed by atoms with E-state index in [4.69, 9.17) is 4.74 Å². The van der Waals surface area contributed by atoms with Crippen LogP contribution in [0.5, 0.6) is 5.75 Å². The van der Waals surface area contributed by atoms with E-state index in [1.165, 1.54) is 23.5 Å². The summed E-state index contributed by atoms with van der Waals surface area (Å²) in [5, 5.41) is 3.64. The van der Waals surface area contributed by atoms with E-state index in [0.29, 0.717) is 22.9 Å². The molecule has 0 spiro atoms. The molecular weight excluding hydrogens is 315 g/mol. The van der Waals surface area contributed by atoms with Gasteiger partial charge in [0, 0.05) is 6.54 Å². The number of halogens is 1. The van der Waals surface area contributed by atoms with Crippen LogP contribution in [-0.2, 0) is 6.61 Å². The molecule has 0 aliphatic carbocycles. The number of amides is 1. The number of hydrogen-bond donors (Lipinski definition) is 1. The molecule has 0 aliphatic heterocycles. The first-order valence-electron chi connectivity index (χ1n) is 7.73. The Kier molecular flexibility index (Phi) is 6.52. The number of ether oxygens (including phenoxy) is 1. The summed E-state index contributed by atoms with van der Waals surface area (Å²) in [6.45, 7) is 4.90. The minimum Gasteiger partial charge on any atom is -0.486 e. The van der Waals surface area contributed by atoms with Crippen molar-refractivity contribution in [2.45, 2.75) is 39.7 Å². The molecule has 4 nitrogen and oxygen atoms in total. The van der Waals surface area contributed by atoms with Crippen LogP contribution in [0.4, 0.5) is 4.39 Å². The number of benzene rings is 1. The lowest BCUT2D eigenvalue weighted by atomic mass is 10.2. The van der Waals surface area contributed by atoms with Gasteiger partial charge in [-0.2, -0.15) is 0 Å². The van der Waals surface area contributed by atoms with Gasteiger partial charge in [0.05, 0.1) is 5.69 Å². The molecule has 2 aromatic rings. The minimum absolute atomic E-state index is 0.0795. The van der Waals surface area contributed by atoms with E-state index in [1.54, 1.807) is 12.1 Å². The summed E-state index contributed by atoms with van der Waals surface area (Å²) in [7, 11) is 0. The summed E-state index contributed by atoms with van der Waals surface area (Å²) >= 11 is 1.33. The van der Waals surface area contributed by atoms with Crippen LogP contribution in [0.3, 0.4) is 0 Å². The molecule has 0 radical (unpaired) electrons. The molecule has 124 valence electrons. The smallest absolute Gasteiger partial charge is 0.263 e. The van der Waals surface area contributed by atoms with Gasteiger partial charge < -0.3 is 10.1 Å². The molecule has 0 atom stereocenters. The third-order valence-electron chi connectivity index (χ3n) is 3.29. The maximum absolute atomic E-state index is 12.8. The Morgan fingerprint density at radius 1 is 1.30 bits per heavy atom. The standard InChI is InChI=1S/C17H21FN2O2S/c1-3-4-5-10-19-17(21)16-12(2)20-15(23-16)11-22-14-8-6-13(18)7-9-14/h6-9H,3-5,10-11H2,1-2H3,(H,19,21). The van der Waals surface area contributed by atoms with Crippen LogP contribution in [0.25, 0.3) is 0 Å². The molecule has 1 N–H and O–H groups in total. The number of thiazole rings is 1. The van der Waals surface area contributed by atoms with Crippen molar-refractivity contribution >= 4 is 17.2 Å². The van der Waals surface area contributed by atoms with Gasteiger partial charge in [-0.25, -0.2) is 9.37 Å². The first kappa shape index (κ1) is 17.4. The van der Waals surface area contributed by atoms with Crippen molar-refractivity contribution in [1.29, 1.82) is 0 Å². The Hall–Kier alpha value is -1.95. The van der Waals surface area contributed by atoms with Crippen molar-refractivity contribution in [2.24, 2.45) is 0 Å². The average Bonchev–Trinajstić information content (AvgIpc) is 2.92. The van der Waals surface area contributed by atoms with Crippen LogP contribution >= 0.6 is 11.3 Å². The fourth-order valence-electron chi connectivity index (χ4n) is 2.06. The zero-order valence-corrected chi connectivity index (χ0v) is 14.2. The summed E-state index contributed by atoms with van der Waals surface area (Å²) in [5.41, 5.74) is 0.709. The van der Waals surface area contributed by atoms with Crippen LogP contribution in [0.15, 0.2) is 24.3 Å². The molecule has 6 heteroatoms. The van der Waals surface area contributed by atoms with Crippen molar-refractivity contribution < 1.29 is 13.9 Å². The highest BCUT2D eigenvalue weighted by Gasteiger charge is 2.15. The van der Waals surface area contributed by atoms with Gasteiger partial charge in [0.15, 0.2) is 0 Å². The highest BCUT2D eigenvalue weighted by atomic mass is 32.1. The molecule has 0 unspecified atom stereocenters. The van der Waals surface area contributed by atoms with Crippen molar-refractivity contribution in [3.63, 3.8) is 0 Å². The van der Waals surface area contributed by atoms with E-state index < -0.39 is 0 Å². The van der Waals surface area contributed by atoms with Crippen LogP contribution in [0.1, 0.15) is 46.6 Å². The van der Waals surface area contributed by atoms with Crippen molar-refractivity contribution in [1.82, 2.24) is 10.3 Å². The number of rotatable bonds is 8. The first-order valence-corrected chi connectivity index (χ1v) is 8.54. The third-order valence-corrected chi connectivity index (χ3v) is 4.42. The lowest BCUT2D eigenvalue weighted by molar-refractivity contribution is 0.0956. The monoisotopic (exact) mass is 336 g/mol. The quantitative estimate of drug-likeness (QED) is 0.739. The van der Waals surface area contributed by atoms with Gasteiger partial charge in [-0.05, 0) is 37.6 Å². The fraction of sp³-hybridized carbons (Fsp3) is 0.412. The van der Waals surface area contributed by atoms with E-state index in [-0.39, 0.29) is 18.3 Å². The molecule has 0 bridgehead atoms. The molecule has 1 aromatic carbocycles. The third kappa shape index (κ3) is 5.32. The molecule has 0 saturated heterocycles. The summed E-state index contributed by atoms with van der Waals surface area (Å²) in [5.74, 6) is 0.193. The second-order valence-electron chi connectivity index (χ2n) is 5.23. The number of nitrogens with zero attached hydrogens (tertiary/aromatic N) is 1. The molecule has 1 aromatic heterocycles. The average molecular weight is 336 g/mol. The van der Waals surface area contributed by atoms with Gasteiger partial charge in [-0.15, -0.1) is 11.3 Å². The highest BCUT2D eigenvalue weighted by Crippen LogP contribution is 2.20. The van der Waals surface area contributed by atoms with E-state index in [9.17, 15) is 9.18 Å². The Labute approximate surface area is 139 Å². The Morgan fingerprint density at radius 2 is 2.04 bits per heavy atom. The second kappa shape index (κ2) is 8.62. The SMILES string of the molecule is CCCCCNC(=O)c1sc(COc2ccc(F)cc2)nc1C. The molecule has 1 amide bonds. The molecule has 0 fully saturated rings. The van der Waals surface area contributed by atoms with Crippen molar-refractivity contribution in [3.8, 4) is 5.75 Å². The minimum atomic E-state index is -0.301. The van der Waals surface area contributed by atoms with E-state index >= 15 is 0 Å². The lowest BCUT2D eigenvalue weighted by Gasteiger charge is -2.03. The van der Waals surface area contributed by atoms with Gasteiger partial charge in [-0.3, -0.25) is 4.79 Å².